The third kappa shape index (κ3) is 11.6. The SMILES string of the molecule is CCCCCCCCCCCCCCn1cc[n+](CCCC)c1CCCC. The number of hydrogen-bond donors (Lipinski definition) is 0. The maximum atomic E-state index is 2.54. The number of hydrogen-bond acceptors (Lipinski definition) is 0. The number of aryl methyl sites for hydroxylation is 2. The van der Waals surface area contributed by atoms with Gasteiger partial charge in [-0.25, -0.2) is 9.13 Å². The van der Waals surface area contributed by atoms with Gasteiger partial charge in [0.2, 0.25) is 0 Å². The summed E-state index contributed by atoms with van der Waals surface area (Å²) in [5, 5.41) is 0. The molecule has 1 aromatic heterocycles. The van der Waals surface area contributed by atoms with Crippen molar-refractivity contribution in [2.45, 2.75) is 143 Å². The summed E-state index contributed by atoms with van der Waals surface area (Å²) in [6.45, 7) is 9.30. The summed E-state index contributed by atoms with van der Waals surface area (Å²) in [5.74, 6) is 1.56. The third-order valence-corrected chi connectivity index (χ3v) is 5.85. The lowest BCUT2D eigenvalue weighted by atomic mass is 10.1. The summed E-state index contributed by atoms with van der Waals surface area (Å²) in [6.07, 6.45) is 28.2. The molecule has 2 nitrogen and oxygen atoms in total. The standard InChI is InChI=1S/C25H49N2/c1-4-7-10-11-12-13-14-15-16-17-18-19-22-27-24-23-26(21-9-6-3)25(27)20-8-5-2/h23-24H,4-22H2,1-3H3/q+1. The highest BCUT2D eigenvalue weighted by atomic mass is 15.1. The first-order chi connectivity index (χ1) is 13.3. The Bertz CT molecular complexity index is 436. The van der Waals surface area contributed by atoms with E-state index in [-0.39, 0.29) is 0 Å². The molecule has 0 spiro atoms. The lowest BCUT2D eigenvalue weighted by Gasteiger charge is -2.05. The van der Waals surface area contributed by atoms with E-state index < -0.39 is 0 Å². The third-order valence-electron chi connectivity index (χ3n) is 5.85. The van der Waals surface area contributed by atoms with Crippen molar-refractivity contribution in [3.05, 3.63) is 18.2 Å². The molecular formula is C25H49N2+. The average molecular weight is 378 g/mol. The van der Waals surface area contributed by atoms with E-state index in [2.05, 4.69) is 42.3 Å². The Balaban J connectivity index is 2.12. The van der Waals surface area contributed by atoms with E-state index >= 15 is 0 Å². The van der Waals surface area contributed by atoms with Crippen LogP contribution in [0.3, 0.4) is 0 Å². The van der Waals surface area contributed by atoms with Crippen molar-refractivity contribution in [3.63, 3.8) is 0 Å². The topological polar surface area (TPSA) is 8.81 Å². The van der Waals surface area contributed by atoms with Gasteiger partial charge in [-0.05, 0) is 25.7 Å². The zero-order valence-corrected chi connectivity index (χ0v) is 19.0. The van der Waals surface area contributed by atoms with Crippen LogP contribution in [-0.4, -0.2) is 4.57 Å². The van der Waals surface area contributed by atoms with Gasteiger partial charge >= 0.3 is 0 Å². The molecule has 0 radical (unpaired) electrons. The number of imidazole rings is 1. The van der Waals surface area contributed by atoms with Gasteiger partial charge in [-0.1, -0.05) is 97.8 Å². The van der Waals surface area contributed by atoms with E-state index in [1.54, 1.807) is 5.82 Å². The summed E-state index contributed by atoms with van der Waals surface area (Å²) < 4.78 is 5.06. The van der Waals surface area contributed by atoms with Crippen LogP contribution in [0.2, 0.25) is 0 Å². The molecule has 0 bridgehead atoms. The second-order valence-electron chi connectivity index (χ2n) is 8.45. The first kappa shape index (κ1) is 24.2. The fourth-order valence-corrected chi connectivity index (χ4v) is 3.98. The second-order valence-corrected chi connectivity index (χ2v) is 8.45. The maximum absolute atomic E-state index is 2.54. The zero-order chi connectivity index (χ0) is 19.6. The monoisotopic (exact) mass is 377 g/mol. The minimum absolute atomic E-state index is 1.20. The molecular weight excluding hydrogens is 328 g/mol. The lowest BCUT2D eigenvalue weighted by Crippen LogP contribution is -2.37. The maximum Gasteiger partial charge on any atom is 0.256 e. The Labute approximate surface area is 170 Å². The second kappa shape index (κ2) is 17.3. The molecule has 2 heteroatoms. The normalized spacial score (nSPS) is 11.4. The minimum atomic E-state index is 1.20. The number of rotatable bonds is 19. The van der Waals surface area contributed by atoms with Crippen LogP contribution in [0.4, 0.5) is 0 Å². The smallest absolute Gasteiger partial charge is 0.234 e. The molecule has 0 aromatic carbocycles. The van der Waals surface area contributed by atoms with Crippen LogP contribution in [0.5, 0.6) is 0 Å². The summed E-state index contributed by atoms with van der Waals surface area (Å²) in [5.41, 5.74) is 0. The van der Waals surface area contributed by atoms with Crippen LogP contribution in [0.1, 0.15) is 129 Å². The quantitative estimate of drug-likeness (QED) is 0.173. The van der Waals surface area contributed by atoms with E-state index in [1.165, 1.54) is 122 Å². The van der Waals surface area contributed by atoms with Crippen molar-refractivity contribution < 1.29 is 4.57 Å². The van der Waals surface area contributed by atoms with Gasteiger partial charge in [-0.2, -0.15) is 0 Å². The Kier molecular flexibility index (Phi) is 15.6. The van der Waals surface area contributed by atoms with E-state index in [4.69, 9.17) is 0 Å². The molecule has 158 valence electrons. The predicted octanol–water partition coefficient (Wildman–Crippen LogP) is 7.62. The molecule has 1 rings (SSSR count). The Hall–Kier alpha value is -0.790. The van der Waals surface area contributed by atoms with Crippen molar-refractivity contribution in [3.8, 4) is 0 Å². The Morgan fingerprint density at radius 1 is 0.630 bits per heavy atom. The molecule has 0 fully saturated rings. The van der Waals surface area contributed by atoms with Crippen LogP contribution in [0.15, 0.2) is 12.4 Å². The fraction of sp³-hybridized carbons (Fsp3) is 0.880. The molecule has 0 N–H and O–H groups in total. The van der Waals surface area contributed by atoms with Gasteiger partial charge < -0.3 is 0 Å². The molecule has 0 amide bonds. The van der Waals surface area contributed by atoms with Gasteiger partial charge in [0, 0.05) is 6.42 Å². The molecule has 0 unspecified atom stereocenters. The average Bonchev–Trinajstić information content (AvgIpc) is 3.07. The number of unbranched alkanes of at least 4 members (excludes halogenated alkanes) is 13. The molecule has 27 heavy (non-hydrogen) atoms. The molecule has 0 saturated heterocycles. The van der Waals surface area contributed by atoms with Crippen molar-refractivity contribution in [1.29, 1.82) is 0 Å². The van der Waals surface area contributed by atoms with Crippen LogP contribution in [0.25, 0.3) is 0 Å². The van der Waals surface area contributed by atoms with Gasteiger partial charge in [0.05, 0.1) is 13.1 Å². The minimum Gasteiger partial charge on any atom is -0.234 e. The van der Waals surface area contributed by atoms with E-state index in [9.17, 15) is 0 Å². The highest BCUT2D eigenvalue weighted by molar-refractivity contribution is 4.84. The van der Waals surface area contributed by atoms with Crippen molar-refractivity contribution in [2.24, 2.45) is 0 Å². The molecule has 0 aliphatic heterocycles. The summed E-state index contributed by atoms with van der Waals surface area (Å²) in [4.78, 5) is 0. The first-order valence-electron chi connectivity index (χ1n) is 12.4. The van der Waals surface area contributed by atoms with Gasteiger partial charge in [0.25, 0.3) is 5.82 Å². The van der Waals surface area contributed by atoms with Crippen LogP contribution >= 0.6 is 0 Å². The van der Waals surface area contributed by atoms with Gasteiger partial charge in [0.1, 0.15) is 12.4 Å². The van der Waals surface area contributed by atoms with Crippen molar-refractivity contribution >= 4 is 0 Å². The highest BCUT2D eigenvalue weighted by Crippen LogP contribution is 2.13. The summed E-state index contributed by atoms with van der Waals surface area (Å²) in [7, 11) is 0. The summed E-state index contributed by atoms with van der Waals surface area (Å²) >= 11 is 0. The van der Waals surface area contributed by atoms with Crippen LogP contribution < -0.4 is 4.57 Å². The molecule has 0 aliphatic carbocycles. The summed E-state index contributed by atoms with van der Waals surface area (Å²) in [6, 6.07) is 0. The fourth-order valence-electron chi connectivity index (χ4n) is 3.98. The highest BCUT2D eigenvalue weighted by Gasteiger charge is 2.15. The molecule has 1 heterocycles. The van der Waals surface area contributed by atoms with E-state index in [0.717, 1.165) is 0 Å². The van der Waals surface area contributed by atoms with E-state index in [1.807, 2.05) is 0 Å². The van der Waals surface area contributed by atoms with Crippen molar-refractivity contribution in [1.82, 2.24) is 4.57 Å². The molecule has 0 saturated carbocycles. The van der Waals surface area contributed by atoms with Crippen molar-refractivity contribution in [2.75, 3.05) is 0 Å². The Morgan fingerprint density at radius 2 is 1.15 bits per heavy atom. The Morgan fingerprint density at radius 3 is 1.70 bits per heavy atom. The van der Waals surface area contributed by atoms with Gasteiger partial charge in [-0.3, -0.25) is 0 Å². The molecule has 0 atom stereocenters. The largest absolute Gasteiger partial charge is 0.256 e. The predicted molar refractivity (Wildman–Crippen MR) is 119 cm³/mol. The zero-order valence-electron chi connectivity index (χ0n) is 19.0. The molecule has 1 aromatic rings. The lowest BCUT2D eigenvalue weighted by molar-refractivity contribution is -0.704. The van der Waals surface area contributed by atoms with Crippen LogP contribution in [-0.2, 0) is 19.5 Å². The van der Waals surface area contributed by atoms with Gasteiger partial charge in [0.15, 0.2) is 0 Å². The number of nitrogens with zero attached hydrogens (tertiary/aromatic N) is 2. The van der Waals surface area contributed by atoms with E-state index in [0.29, 0.717) is 0 Å². The van der Waals surface area contributed by atoms with Crippen LogP contribution in [0, 0.1) is 0 Å². The first-order valence-corrected chi connectivity index (χ1v) is 12.4. The van der Waals surface area contributed by atoms with Gasteiger partial charge in [-0.15, -0.1) is 0 Å². The molecule has 0 aliphatic rings. The number of aromatic nitrogens is 2.